The molecule has 12 heteroatoms. The highest BCUT2D eigenvalue weighted by molar-refractivity contribution is 8.00. The first-order chi connectivity index (χ1) is 23.2. The second-order valence-corrected chi connectivity index (χ2v) is 12.8. The van der Waals surface area contributed by atoms with E-state index in [2.05, 4.69) is 20.9 Å². The first-order valence-corrected chi connectivity index (χ1v) is 16.7. The van der Waals surface area contributed by atoms with Gasteiger partial charge in [-0.05, 0) is 67.4 Å². The van der Waals surface area contributed by atoms with Crippen LogP contribution in [0.5, 0.6) is 0 Å². The molecule has 3 amide bonds. The van der Waals surface area contributed by atoms with Crippen LogP contribution in [0, 0.1) is 17.0 Å². The average Bonchev–Trinajstić information content (AvgIpc) is 3.56. The summed E-state index contributed by atoms with van der Waals surface area (Å²) in [6, 6.07) is 29.1. The first-order valence-electron chi connectivity index (χ1n) is 14.9. The number of nitrogens with zero attached hydrogens (tertiary/aromatic N) is 2. The predicted octanol–water partition coefficient (Wildman–Crippen LogP) is 7.95. The number of aryl methyl sites for hydroxylation is 1. The van der Waals surface area contributed by atoms with Crippen LogP contribution in [0.2, 0.25) is 0 Å². The maximum absolute atomic E-state index is 13.5. The topological polar surface area (TPSA) is 143 Å². The summed E-state index contributed by atoms with van der Waals surface area (Å²) in [7, 11) is 0. The van der Waals surface area contributed by atoms with Crippen LogP contribution < -0.4 is 16.0 Å². The van der Waals surface area contributed by atoms with E-state index in [1.807, 2.05) is 49.6 Å². The Bertz CT molecular complexity index is 1960. The smallest absolute Gasteiger partial charge is 0.272 e. The minimum absolute atomic E-state index is 0.0602. The van der Waals surface area contributed by atoms with Crippen LogP contribution in [0.15, 0.2) is 119 Å². The fraction of sp³-hybridized carbons (Fsp3) is 0.111. The lowest BCUT2D eigenvalue weighted by Crippen LogP contribution is -2.30. The lowest BCUT2D eigenvalue weighted by molar-refractivity contribution is -0.384. The van der Waals surface area contributed by atoms with Gasteiger partial charge in [0.2, 0.25) is 5.91 Å². The van der Waals surface area contributed by atoms with Crippen molar-refractivity contribution in [2.75, 3.05) is 10.6 Å². The number of hydrogen-bond donors (Lipinski definition) is 3. The number of nitro groups is 1. The average molecular weight is 678 g/mol. The number of aromatic nitrogens is 1. The van der Waals surface area contributed by atoms with Gasteiger partial charge in [0, 0.05) is 39.2 Å². The lowest BCUT2D eigenvalue weighted by Gasteiger charge is -2.15. The molecule has 0 fully saturated rings. The second-order valence-electron chi connectivity index (χ2n) is 10.6. The fourth-order valence-corrected chi connectivity index (χ4v) is 6.24. The highest BCUT2D eigenvalue weighted by Gasteiger charge is 2.21. The molecule has 0 aliphatic rings. The maximum atomic E-state index is 13.5. The van der Waals surface area contributed by atoms with Crippen molar-refractivity contribution in [3.63, 3.8) is 0 Å². The summed E-state index contributed by atoms with van der Waals surface area (Å²) in [5, 5.41) is 21.5. The molecule has 0 spiro atoms. The molecule has 4 aromatic carbocycles. The van der Waals surface area contributed by atoms with Crippen LogP contribution in [-0.4, -0.2) is 32.9 Å². The Morgan fingerprint density at radius 3 is 2.35 bits per heavy atom. The van der Waals surface area contributed by atoms with Gasteiger partial charge in [0.1, 0.15) is 5.70 Å². The van der Waals surface area contributed by atoms with Gasteiger partial charge in [-0.2, -0.15) is 0 Å². The molecule has 1 aromatic heterocycles. The Morgan fingerprint density at radius 2 is 1.67 bits per heavy atom. The van der Waals surface area contributed by atoms with Crippen molar-refractivity contribution in [1.29, 1.82) is 0 Å². The van der Waals surface area contributed by atoms with E-state index in [1.54, 1.807) is 48.5 Å². The zero-order valence-electron chi connectivity index (χ0n) is 26.0. The zero-order chi connectivity index (χ0) is 34.0. The van der Waals surface area contributed by atoms with Crippen molar-refractivity contribution in [3.05, 3.63) is 141 Å². The molecule has 0 saturated carbocycles. The van der Waals surface area contributed by atoms with Gasteiger partial charge in [-0.1, -0.05) is 61.0 Å². The number of non-ortho nitro benzene ring substituents is 1. The number of anilines is 2. The molecule has 10 nitrogen and oxygen atoms in total. The quantitative estimate of drug-likeness (QED) is 0.0526. The van der Waals surface area contributed by atoms with E-state index in [-0.39, 0.29) is 17.3 Å². The third-order valence-corrected chi connectivity index (χ3v) is 9.17. The minimum Gasteiger partial charge on any atom is -0.321 e. The van der Waals surface area contributed by atoms with E-state index in [0.29, 0.717) is 28.4 Å². The SMILES string of the molecule is CCC(Sc1cccc(NC(=O)/C(=C\c2ccc([N+](=O)[O-])cc2)NC(=O)c2ccccc2)c1)C(=O)Nc1nc(-c2ccc(C)cc2)cs1. The summed E-state index contributed by atoms with van der Waals surface area (Å²) in [5.74, 6) is -1.28. The van der Waals surface area contributed by atoms with E-state index in [9.17, 15) is 24.5 Å². The van der Waals surface area contributed by atoms with Crippen molar-refractivity contribution < 1.29 is 19.3 Å². The zero-order valence-corrected chi connectivity index (χ0v) is 27.6. The van der Waals surface area contributed by atoms with Gasteiger partial charge < -0.3 is 16.0 Å². The number of nitrogens with one attached hydrogen (secondary N) is 3. The molecule has 5 rings (SSSR count). The largest absolute Gasteiger partial charge is 0.321 e. The van der Waals surface area contributed by atoms with Gasteiger partial charge >= 0.3 is 0 Å². The van der Waals surface area contributed by atoms with E-state index < -0.39 is 22.0 Å². The van der Waals surface area contributed by atoms with Crippen molar-refractivity contribution in [2.24, 2.45) is 0 Å². The number of hydrogen-bond acceptors (Lipinski definition) is 8. The summed E-state index contributed by atoms with van der Waals surface area (Å²) >= 11 is 2.72. The Hall–Kier alpha value is -5.59. The minimum atomic E-state index is -0.599. The first kappa shape index (κ1) is 33.8. The molecular formula is C36H31N5O5S2. The molecule has 0 aliphatic carbocycles. The third-order valence-electron chi connectivity index (χ3n) is 7.06. The summed E-state index contributed by atoms with van der Waals surface area (Å²) in [6.45, 7) is 3.95. The monoisotopic (exact) mass is 677 g/mol. The molecule has 0 radical (unpaired) electrons. The second kappa shape index (κ2) is 15.8. The van der Waals surface area contributed by atoms with Crippen molar-refractivity contribution in [1.82, 2.24) is 10.3 Å². The predicted molar refractivity (Wildman–Crippen MR) is 191 cm³/mol. The summed E-state index contributed by atoms with van der Waals surface area (Å²) in [5.41, 5.74) is 4.05. The molecule has 0 bridgehead atoms. The number of rotatable bonds is 12. The summed E-state index contributed by atoms with van der Waals surface area (Å²) in [6.07, 6.45) is 2.00. The number of benzene rings is 4. The van der Waals surface area contributed by atoms with Crippen LogP contribution in [0.4, 0.5) is 16.5 Å². The molecule has 1 atom stereocenters. The summed E-state index contributed by atoms with van der Waals surface area (Å²) in [4.78, 5) is 55.6. The van der Waals surface area contributed by atoms with E-state index >= 15 is 0 Å². The Morgan fingerprint density at radius 1 is 0.938 bits per heavy atom. The van der Waals surface area contributed by atoms with Crippen molar-refractivity contribution in [2.45, 2.75) is 30.4 Å². The molecule has 3 N–H and O–H groups in total. The van der Waals surface area contributed by atoms with Crippen LogP contribution in [0.25, 0.3) is 17.3 Å². The molecule has 1 heterocycles. The number of carbonyl (C=O) groups excluding carboxylic acids is 3. The Kier molecular flexibility index (Phi) is 11.1. The summed E-state index contributed by atoms with van der Waals surface area (Å²) < 4.78 is 0. The van der Waals surface area contributed by atoms with Gasteiger partial charge in [0.25, 0.3) is 17.5 Å². The lowest BCUT2D eigenvalue weighted by atomic mass is 10.1. The highest BCUT2D eigenvalue weighted by atomic mass is 32.2. The van der Waals surface area contributed by atoms with Gasteiger partial charge in [-0.3, -0.25) is 24.5 Å². The number of thiazole rings is 1. The molecule has 1 unspecified atom stereocenters. The number of amides is 3. The molecular weight excluding hydrogens is 647 g/mol. The van der Waals surface area contributed by atoms with Gasteiger partial charge in [-0.25, -0.2) is 4.98 Å². The normalized spacial score (nSPS) is 11.8. The number of carbonyl (C=O) groups is 3. The molecule has 0 saturated heterocycles. The third kappa shape index (κ3) is 9.02. The van der Waals surface area contributed by atoms with Crippen molar-refractivity contribution in [3.8, 4) is 11.3 Å². The standard InChI is InChI=1S/C36H31N5O5S2/c1-3-32(35(44)40-36-39-31(22-47-36)25-16-12-23(2)13-17-25)48-29-11-7-10-27(21-29)37-34(43)30(38-33(42)26-8-5-4-6-9-26)20-24-14-18-28(19-15-24)41(45)46/h4-22,32H,3H2,1-2H3,(H,37,43)(H,38,42)(H,39,40,44)/b30-20+. The van der Waals surface area contributed by atoms with Crippen LogP contribution in [0.3, 0.4) is 0 Å². The maximum Gasteiger partial charge on any atom is 0.272 e. The molecule has 5 aromatic rings. The van der Waals surface area contributed by atoms with E-state index in [0.717, 1.165) is 21.7 Å². The number of nitro benzene ring substituents is 1. The Labute approximate surface area is 285 Å². The van der Waals surface area contributed by atoms with Gasteiger partial charge in [0.15, 0.2) is 5.13 Å². The Balaban J connectivity index is 1.28. The molecule has 242 valence electrons. The van der Waals surface area contributed by atoms with Gasteiger partial charge in [-0.15, -0.1) is 23.1 Å². The van der Waals surface area contributed by atoms with Gasteiger partial charge in [0.05, 0.1) is 15.9 Å². The van der Waals surface area contributed by atoms with Crippen LogP contribution in [0.1, 0.15) is 34.8 Å². The van der Waals surface area contributed by atoms with Crippen molar-refractivity contribution >= 4 is 63.4 Å². The fourth-order valence-electron chi connectivity index (χ4n) is 4.51. The van der Waals surface area contributed by atoms with Crippen LogP contribution in [-0.2, 0) is 9.59 Å². The molecule has 48 heavy (non-hydrogen) atoms. The molecule has 0 aliphatic heterocycles. The number of thioether (sulfide) groups is 1. The highest BCUT2D eigenvalue weighted by Crippen LogP contribution is 2.30. The van der Waals surface area contributed by atoms with E-state index in [1.165, 1.54) is 53.4 Å². The van der Waals surface area contributed by atoms with E-state index in [4.69, 9.17) is 0 Å². The van der Waals surface area contributed by atoms with Crippen LogP contribution >= 0.6 is 23.1 Å².